The van der Waals surface area contributed by atoms with E-state index >= 15 is 0 Å². The number of hydrogen-bond donors (Lipinski definition) is 0. The molecule has 0 heterocycles. The quantitative estimate of drug-likeness (QED) is 0.493. The van der Waals surface area contributed by atoms with Crippen LogP contribution in [0.2, 0.25) is 0 Å². The van der Waals surface area contributed by atoms with Crippen LogP contribution in [0.4, 0.5) is 0 Å². The Morgan fingerprint density at radius 3 is 2.00 bits per heavy atom. The molecule has 0 fully saturated rings. The summed E-state index contributed by atoms with van der Waals surface area (Å²) in [7, 11) is 0. The van der Waals surface area contributed by atoms with Crippen molar-refractivity contribution in [1.29, 1.82) is 0 Å². The molecule has 0 unspecified atom stereocenters. The summed E-state index contributed by atoms with van der Waals surface area (Å²) in [6.07, 6.45) is 10.1. The van der Waals surface area contributed by atoms with Crippen molar-refractivity contribution in [3.8, 4) is 0 Å². The lowest BCUT2D eigenvalue weighted by Gasteiger charge is -2.20. The van der Waals surface area contributed by atoms with Crippen molar-refractivity contribution in [3.63, 3.8) is 0 Å². The standard InChI is InChI=1S/C15H26O/c1-13(16)9-7-11-15(5,6)12-8-10-14(2,3)4/h7-9,12H,10-11H2,1-6H3. The number of hydrogen-bond acceptors (Lipinski definition) is 1. The zero-order chi connectivity index (χ0) is 12.8. The second-order valence-corrected chi connectivity index (χ2v) is 6.37. The molecule has 0 rings (SSSR count). The third-order valence-electron chi connectivity index (χ3n) is 2.30. The van der Waals surface area contributed by atoms with E-state index < -0.39 is 0 Å². The summed E-state index contributed by atoms with van der Waals surface area (Å²) in [5.74, 6) is 0.120. The zero-order valence-electron chi connectivity index (χ0n) is 11.6. The minimum Gasteiger partial charge on any atom is -0.295 e. The molecule has 0 aromatic rings. The molecule has 0 aliphatic carbocycles. The van der Waals surface area contributed by atoms with E-state index in [1.54, 1.807) is 13.0 Å². The Labute approximate surface area is 101 Å². The summed E-state index contributed by atoms with van der Waals surface area (Å²) in [6.45, 7) is 12.7. The molecule has 0 aliphatic heterocycles. The molecule has 1 nitrogen and oxygen atoms in total. The molecule has 0 aliphatic rings. The van der Waals surface area contributed by atoms with Gasteiger partial charge in [0.2, 0.25) is 0 Å². The van der Waals surface area contributed by atoms with Gasteiger partial charge in [0.25, 0.3) is 0 Å². The van der Waals surface area contributed by atoms with Gasteiger partial charge >= 0.3 is 0 Å². The molecule has 0 saturated heterocycles. The van der Waals surface area contributed by atoms with Crippen LogP contribution in [0.5, 0.6) is 0 Å². The fraction of sp³-hybridized carbons (Fsp3) is 0.667. The third kappa shape index (κ3) is 9.70. The average molecular weight is 222 g/mol. The molecule has 92 valence electrons. The van der Waals surface area contributed by atoms with Crippen LogP contribution in [0.15, 0.2) is 24.3 Å². The van der Waals surface area contributed by atoms with E-state index in [0.29, 0.717) is 5.41 Å². The largest absolute Gasteiger partial charge is 0.295 e. The first kappa shape index (κ1) is 15.2. The van der Waals surface area contributed by atoms with Crippen LogP contribution < -0.4 is 0 Å². The van der Waals surface area contributed by atoms with Crippen molar-refractivity contribution in [2.75, 3.05) is 0 Å². The molecule has 0 aromatic heterocycles. The Hall–Kier alpha value is -0.850. The fourth-order valence-corrected chi connectivity index (χ4v) is 1.33. The Bertz CT molecular complexity index is 274. The summed E-state index contributed by atoms with van der Waals surface area (Å²) in [5.41, 5.74) is 0.485. The topological polar surface area (TPSA) is 17.1 Å². The highest BCUT2D eigenvalue weighted by Crippen LogP contribution is 2.25. The lowest BCUT2D eigenvalue weighted by Crippen LogP contribution is -2.07. The van der Waals surface area contributed by atoms with E-state index in [1.807, 2.05) is 6.08 Å². The van der Waals surface area contributed by atoms with Crippen LogP contribution >= 0.6 is 0 Å². The van der Waals surface area contributed by atoms with E-state index in [2.05, 4.69) is 46.8 Å². The van der Waals surface area contributed by atoms with Gasteiger partial charge in [0.05, 0.1) is 0 Å². The van der Waals surface area contributed by atoms with Crippen LogP contribution in [0.1, 0.15) is 54.4 Å². The van der Waals surface area contributed by atoms with E-state index in [9.17, 15) is 4.79 Å². The molecule has 16 heavy (non-hydrogen) atoms. The third-order valence-corrected chi connectivity index (χ3v) is 2.30. The first-order chi connectivity index (χ1) is 7.12. The summed E-state index contributed by atoms with van der Waals surface area (Å²) in [6, 6.07) is 0. The summed E-state index contributed by atoms with van der Waals surface area (Å²) < 4.78 is 0. The van der Waals surface area contributed by atoms with Crippen LogP contribution in [-0.4, -0.2) is 5.78 Å². The van der Waals surface area contributed by atoms with Crippen molar-refractivity contribution in [1.82, 2.24) is 0 Å². The molecule has 0 amide bonds. The van der Waals surface area contributed by atoms with Crippen molar-refractivity contribution in [2.24, 2.45) is 10.8 Å². The van der Waals surface area contributed by atoms with Crippen molar-refractivity contribution in [3.05, 3.63) is 24.3 Å². The smallest absolute Gasteiger partial charge is 0.152 e. The molecule has 0 bridgehead atoms. The van der Waals surface area contributed by atoms with Crippen LogP contribution in [0.25, 0.3) is 0 Å². The van der Waals surface area contributed by atoms with Gasteiger partial charge in [0.15, 0.2) is 5.78 Å². The highest BCUT2D eigenvalue weighted by atomic mass is 16.1. The minimum absolute atomic E-state index is 0.120. The Kier molecular flexibility index (Phi) is 5.71. The number of ketones is 1. The Morgan fingerprint density at radius 1 is 1.00 bits per heavy atom. The van der Waals surface area contributed by atoms with Gasteiger partial charge in [-0.3, -0.25) is 4.79 Å². The zero-order valence-corrected chi connectivity index (χ0v) is 11.6. The fourth-order valence-electron chi connectivity index (χ4n) is 1.33. The predicted octanol–water partition coefficient (Wildman–Crippen LogP) is 4.54. The van der Waals surface area contributed by atoms with Gasteiger partial charge in [0.1, 0.15) is 0 Å². The monoisotopic (exact) mass is 222 g/mol. The molecular weight excluding hydrogens is 196 g/mol. The molecular formula is C15H26O. The number of carbonyl (C=O) groups excluding carboxylic acids is 1. The lowest BCUT2D eigenvalue weighted by atomic mass is 9.86. The van der Waals surface area contributed by atoms with Crippen LogP contribution in [0, 0.1) is 10.8 Å². The van der Waals surface area contributed by atoms with E-state index in [-0.39, 0.29) is 11.2 Å². The van der Waals surface area contributed by atoms with Crippen molar-refractivity contribution < 1.29 is 4.79 Å². The molecule has 0 saturated carbocycles. The Morgan fingerprint density at radius 2 is 1.56 bits per heavy atom. The number of rotatable bonds is 5. The van der Waals surface area contributed by atoms with E-state index in [4.69, 9.17) is 0 Å². The van der Waals surface area contributed by atoms with Gasteiger partial charge in [-0.2, -0.15) is 0 Å². The van der Waals surface area contributed by atoms with Gasteiger partial charge in [-0.05, 0) is 36.7 Å². The summed E-state index contributed by atoms with van der Waals surface area (Å²) in [5, 5.41) is 0. The average Bonchev–Trinajstić information content (AvgIpc) is 1.99. The first-order valence-corrected chi connectivity index (χ1v) is 5.97. The highest BCUT2D eigenvalue weighted by molar-refractivity contribution is 5.87. The SMILES string of the molecule is CC(=O)C=CCC(C)(C)C=CCC(C)(C)C. The van der Waals surface area contributed by atoms with Gasteiger partial charge < -0.3 is 0 Å². The van der Waals surface area contributed by atoms with Crippen LogP contribution in [-0.2, 0) is 4.79 Å². The second kappa shape index (κ2) is 6.03. The molecule has 0 aromatic carbocycles. The van der Waals surface area contributed by atoms with Crippen LogP contribution in [0.3, 0.4) is 0 Å². The maximum absolute atomic E-state index is 10.8. The highest BCUT2D eigenvalue weighted by Gasteiger charge is 2.13. The first-order valence-electron chi connectivity index (χ1n) is 5.97. The molecule has 0 radical (unpaired) electrons. The predicted molar refractivity (Wildman–Crippen MR) is 71.4 cm³/mol. The van der Waals surface area contributed by atoms with Gasteiger partial charge in [0, 0.05) is 0 Å². The summed E-state index contributed by atoms with van der Waals surface area (Å²) >= 11 is 0. The van der Waals surface area contributed by atoms with Gasteiger partial charge in [-0.1, -0.05) is 52.8 Å². The molecule has 1 heteroatoms. The number of allylic oxidation sites excluding steroid dienone is 4. The maximum atomic E-state index is 10.8. The van der Waals surface area contributed by atoms with E-state index in [1.165, 1.54) is 0 Å². The number of carbonyl (C=O) groups is 1. The van der Waals surface area contributed by atoms with E-state index in [0.717, 1.165) is 12.8 Å². The summed E-state index contributed by atoms with van der Waals surface area (Å²) in [4.78, 5) is 10.8. The van der Waals surface area contributed by atoms with Gasteiger partial charge in [-0.15, -0.1) is 0 Å². The second-order valence-electron chi connectivity index (χ2n) is 6.37. The molecule has 0 spiro atoms. The van der Waals surface area contributed by atoms with Gasteiger partial charge in [-0.25, -0.2) is 0 Å². The molecule has 0 atom stereocenters. The van der Waals surface area contributed by atoms with Crippen molar-refractivity contribution >= 4 is 5.78 Å². The normalized spacial score (nSPS) is 13.9. The Balaban J connectivity index is 4.19. The molecule has 0 N–H and O–H groups in total. The minimum atomic E-state index is 0.120. The van der Waals surface area contributed by atoms with Crippen molar-refractivity contribution in [2.45, 2.75) is 54.4 Å². The maximum Gasteiger partial charge on any atom is 0.152 e. The lowest BCUT2D eigenvalue weighted by molar-refractivity contribution is -0.112.